The van der Waals surface area contributed by atoms with Crippen molar-refractivity contribution in [3.8, 4) is 5.75 Å². The zero-order valence-electron chi connectivity index (χ0n) is 18.4. The number of hydrogen-bond acceptors (Lipinski definition) is 3. The number of para-hydroxylation sites is 3. The molecule has 0 N–H and O–H groups in total. The fourth-order valence-corrected chi connectivity index (χ4v) is 5.16. The lowest BCUT2D eigenvalue weighted by molar-refractivity contribution is 0.302. The third kappa shape index (κ3) is 5.12. The topological polar surface area (TPSA) is 27.1 Å². The van der Waals surface area contributed by atoms with Gasteiger partial charge in [-0.1, -0.05) is 78.9 Å². The van der Waals surface area contributed by atoms with Gasteiger partial charge in [-0.05, 0) is 48.4 Å². The first-order valence-electron chi connectivity index (χ1n) is 11.3. The van der Waals surface area contributed by atoms with Gasteiger partial charge < -0.3 is 9.30 Å². The smallest absolute Gasteiger partial charge is 0.127 e. The van der Waals surface area contributed by atoms with Crippen LogP contribution in [0.15, 0.2) is 120 Å². The van der Waals surface area contributed by atoms with Gasteiger partial charge in [-0.25, -0.2) is 4.98 Å². The second-order valence-corrected chi connectivity index (χ2v) is 9.03. The first-order chi connectivity index (χ1) is 16.4. The fraction of sp³-hybridized carbons (Fsp3) is 0.138. The molecule has 5 aromatic rings. The van der Waals surface area contributed by atoms with Crippen LogP contribution >= 0.6 is 11.8 Å². The molecule has 0 bridgehead atoms. The van der Waals surface area contributed by atoms with Crippen LogP contribution in [0.1, 0.15) is 23.1 Å². The van der Waals surface area contributed by atoms with E-state index in [1.54, 1.807) is 0 Å². The molecule has 1 atom stereocenters. The van der Waals surface area contributed by atoms with Crippen molar-refractivity contribution in [2.24, 2.45) is 0 Å². The predicted molar refractivity (Wildman–Crippen MR) is 137 cm³/mol. The fourth-order valence-electron chi connectivity index (χ4n) is 3.99. The van der Waals surface area contributed by atoms with E-state index in [2.05, 4.69) is 89.5 Å². The number of thioether (sulfide) groups is 1. The average Bonchev–Trinajstić information content (AvgIpc) is 3.25. The third-order valence-corrected chi connectivity index (χ3v) is 6.82. The minimum absolute atomic E-state index is 0.0936. The number of aromatic nitrogens is 2. The molecule has 33 heavy (non-hydrogen) atoms. The normalized spacial score (nSPS) is 12.0. The Labute approximate surface area is 199 Å². The second kappa shape index (κ2) is 10.4. The maximum atomic E-state index is 5.96. The van der Waals surface area contributed by atoms with Gasteiger partial charge in [0.1, 0.15) is 11.6 Å². The van der Waals surface area contributed by atoms with Gasteiger partial charge in [-0.2, -0.15) is 0 Å². The molecule has 1 unspecified atom stereocenters. The predicted octanol–water partition coefficient (Wildman–Crippen LogP) is 7.39. The van der Waals surface area contributed by atoms with E-state index in [4.69, 9.17) is 9.72 Å². The molecule has 0 spiro atoms. The third-order valence-electron chi connectivity index (χ3n) is 5.56. The molecule has 1 heterocycles. The van der Waals surface area contributed by atoms with E-state index in [-0.39, 0.29) is 5.25 Å². The molecular weight excluding hydrogens is 424 g/mol. The van der Waals surface area contributed by atoms with Gasteiger partial charge in [0.15, 0.2) is 0 Å². The van der Waals surface area contributed by atoms with E-state index in [0.717, 1.165) is 30.1 Å². The van der Waals surface area contributed by atoms with Crippen LogP contribution in [0.2, 0.25) is 0 Å². The Hall–Kier alpha value is -3.50. The van der Waals surface area contributed by atoms with Crippen molar-refractivity contribution in [2.75, 3.05) is 6.61 Å². The number of nitrogens with zero attached hydrogens (tertiary/aromatic N) is 2. The quantitative estimate of drug-likeness (QED) is 0.173. The lowest BCUT2D eigenvalue weighted by Gasteiger charge is -2.19. The number of aryl methyl sites for hydroxylation is 1. The lowest BCUT2D eigenvalue weighted by Crippen LogP contribution is -2.11. The SMILES string of the molecule is c1ccc(OCCCn2c(C(Sc3ccccc3)c3ccccc3)nc3ccccc32)cc1. The highest BCUT2D eigenvalue weighted by Crippen LogP contribution is 2.41. The molecular formula is C29H26N2OS. The van der Waals surface area contributed by atoms with Gasteiger partial charge >= 0.3 is 0 Å². The summed E-state index contributed by atoms with van der Waals surface area (Å²) in [5.41, 5.74) is 3.45. The summed E-state index contributed by atoms with van der Waals surface area (Å²) in [6.07, 6.45) is 0.903. The summed E-state index contributed by atoms with van der Waals surface area (Å²) >= 11 is 1.85. The Kier molecular flexibility index (Phi) is 6.74. The molecule has 0 aliphatic heterocycles. The van der Waals surface area contributed by atoms with Crippen molar-refractivity contribution in [3.05, 3.63) is 127 Å². The molecule has 0 saturated heterocycles. The van der Waals surface area contributed by atoms with Gasteiger partial charge in [0.05, 0.1) is 22.9 Å². The summed E-state index contributed by atoms with van der Waals surface area (Å²) in [5, 5.41) is 0.0936. The second-order valence-electron chi connectivity index (χ2n) is 7.85. The molecule has 4 aromatic carbocycles. The van der Waals surface area contributed by atoms with E-state index >= 15 is 0 Å². The van der Waals surface area contributed by atoms with Gasteiger partial charge in [0.25, 0.3) is 0 Å². The van der Waals surface area contributed by atoms with Crippen molar-refractivity contribution >= 4 is 22.8 Å². The minimum Gasteiger partial charge on any atom is -0.494 e. The van der Waals surface area contributed by atoms with Crippen molar-refractivity contribution in [3.63, 3.8) is 0 Å². The Morgan fingerprint density at radius 1 is 0.727 bits per heavy atom. The van der Waals surface area contributed by atoms with E-state index in [1.165, 1.54) is 16.0 Å². The first-order valence-corrected chi connectivity index (χ1v) is 12.2. The monoisotopic (exact) mass is 450 g/mol. The van der Waals surface area contributed by atoms with Crippen molar-refractivity contribution in [1.82, 2.24) is 9.55 Å². The molecule has 3 nitrogen and oxygen atoms in total. The number of ether oxygens (including phenoxy) is 1. The van der Waals surface area contributed by atoms with Crippen LogP contribution in [0.5, 0.6) is 5.75 Å². The highest BCUT2D eigenvalue weighted by Gasteiger charge is 2.23. The Morgan fingerprint density at radius 2 is 1.36 bits per heavy atom. The van der Waals surface area contributed by atoms with E-state index < -0.39 is 0 Å². The molecule has 0 radical (unpaired) electrons. The van der Waals surface area contributed by atoms with Crippen LogP contribution < -0.4 is 4.74 Å². The Bertz CT molecular complexity index is 1290. The number of fused-ring (bicyclic) bond motifs is 1. The van der Waals surface area contributed by atoms with E-state index in [9.17, 15) is 0 Å². The van der Waals surface area contributed by atoms with Crippen LogP contribution in [0.4, 0.5) is 0 Å². The maximum Gasteiger partial charge on any atom is 0.127 e. The highest BCUT2D eigenvalue weighted by molar-refractivity contribution is 7.99. The number of hydrogen-bond donors (Lipinski definition) is 0. The summed E-state index contributed by atoms with van der Waals surface area (Å²) in [6.45, 7) is 1.51. The van der Waals surface area contributed by atoms with Crippen LogP contribution in [-0.2, 0) is 6.54 Å². The molecule has 4 heteroatoms. The van der Waals surface area contributed by atoms with Gasteiger partial charge in [-0.15, -0.1) is 11.8 Å². The molecule has 164 valence electrons. The highest BCUT2D eigenvalue weighted by atomic mass is 32.2. The summed E-state index contributed by atoms with van der Waals surface area (Å²) in [4.78, 5) is 6.36. The van der Waals surface area contributed by atoms with Gasteiger partial charge in [-0.3, -0.25) is 0 Å². The van der Waals surface area contributed by atoms with Crippen molar-refractivity contribution < 1.29 is 4.74 Å². The van der Waals surface area contributed by atoms with E-state index in [0.29, 0.717) is 6.61 Å². The van der Waals surface area contributed by atoms with Crippen molar-refractivity contribution in [1.29, 1.82) is 0 Å². The Balaban J connectivity index is 1.46. The van der Waals surface area contributed by atoms with E-state index in [1.807, 2.05) is 42.1 Å². The molecule has 0 saturated carbocycles. The molecule has 1 aromatic heterocycles. The maximum absolute atomic E-state index is 5.96. The van der Waals surface area contributed by atoms with Crippen molar-refractivity contribution in [2.45, 2.75) is 23.1 Å². The van der Waals surface area contributed by atoms with Crippen LogP contribution in [-0.4, -0.2) is 16.2 Å². The average molecular weight is 451 g/mol. The van der Waals surface area contributed by atoms with Gasteiger partial charge in [0, 0.05) is 11.4 Å². The Morgan fingerprint density at radius 3 is 2.12 bits per heavy atom. The molecule has 0 amide bonds. The standard InChI is InChI=1S/C29H26N2OS/c1-4-13-23(14-5-1)28(33-25-17-8-3-9-18-25)29-30-26-19-10-11-20-27(26)31(29)21-12-22-32-24-15-6-2-7-16-24/h1-11,13-20,28H,12,21-22H2. The zero-order chi connectivity index (χ0) is 22.3. The minimum atomic E-state index is 0.0936. The lowest BCUT2D eigenvalue weighted by atomic mass is 10.1. The summed E-state index contributed by atoms with van der Waals surface area (Å²) in [6, 6.07) is 39.7. The van der Waals surface area contributed by atoms with Crippen LogP contribution in [0.3, 0.4) is 0 Å². The molecule has 0 aliphatic rings. The summed E-state index contributed by atoms with van der Waals surface area (Å²) < 4.78 is 8.33. The summed E-state index contributed by atoms with van der Waals surface area (Å²) in [7, 11) is 0. The largest absolute Gasteiger partial charge is 0.494 e. The number of benzene rings is 4. The zero-order valence-corrected chi connectivity index (χ0v) is 19.2. The molecule has 0 aliphatic carbocycles. The molecule has 0 fully saturated rings. The molecule has 5 rings (SSSR count). The van der Waals surface area contributed by atoms with Crippen LogP contribution in [0, 0.1) is 0 Å². The first kappa shape index (κ1) is 21.4. The number of imidazole rings is 1. The summed E-state index contributed by atoms with van der Waals surface area (Å²) in [5.74, 6) is 1.99. The number of rotatable bonds is 9. The van der Waals surface area contributed by atoms with Crippen LogP contribution in [0.25, 0.3) is 11.0 Å². The van der Waals surface area contributed by atoms with Gasteiger partial charge in [0.2, 0.25) is 0 Å².